The number of hydrogen-bond acceptors (Lipinski definition) is 3. The van der Waals surface area contributed by atoms with Crippen molar-refractivity contribution < 1.29 is 4.79 Å². The monoisotopic (exact) mass is 262 g/mol. The van der Waals surface area contributed by atoms with Crippen molar-refractivity contribution in [1.82, 2.24) is 19.5 Å². The summed E-state index contributed by atoms with van der Waals surface area (Å²) < 4.78 is 1.60. The second-order valence-electron chi connectivity index (χ2n) is 4.56. The number of amides is 1. The van der Waals surface area contributed by atoms with Gasteiger partial charge in [0, 0.05) is 25.1 Å². The first kappa shape index (κ1) is 11.5. The summed E-state index contributed by atoms with van der Waals surface area (Å²) in [5.41, 5.74) is 1.69. The molecule has 1 saturated heterocycles. The molecule has 1 fully saturated rings. The lowest BCUT2D eigenvalue weighted by molar-refractivity contribution is 0.231. The number of carbonyl (C=O) groups excluding carboxylic acids is 1. The molecule has 2 aromatic rings. The summed E-state index contributed by atoms with van der Waals surface area (Å²) >= 11 is 6.16. The lowest BCUT2D eigenvalue weighted by Crippen LogP contribution is -2.26. The Balaban J connectivity index is 1.93. The molecule has 1 aliphatic rings. The van der Waals surface area contributed by atoms with E-state index in [1.165, 1.54) is 0 Å². The average molecular weight is 263 g/mol. The molecule has 0 radical (unpaired) electrons. The Morgan fingerprint density at radius 3 is 3.11 bits per heavy atom. The Kier molecular flexibility index (Phi) is 2.74. The standard InChI is InChI=1S/C11H12BClN4O/c12-11(18)16-4-2-7(6-16)8-5-9(13)17-10(15-8)1-3-14-17/h1,3,5,7H,2,4,6,12H2. The first-order valence-corrected chi connectivity index (χ1v) is 6.28. The number of hydrogen-bond donors (Lipinski definition) is 0. The fraction of sp³-hybridized carbons (Fsp3) is 0.364. The van der Waals surface area contributed by atoms with Crippen LogP contribution in [-0.2, 0) is 0 Å². The second kappa shape index (κ2) is 4.28. The minimum atomic E-state index is 0.119. The Labute approximate surface area is 110 Å². The van der Waals surface area contributed by atoms with E-state index in [2.05, 4.69) is 10.1 Å². The van der Waals surface area contributed by atoms with Crippen LogP contribution in [0, 0.1) is 0 Å². The van der Waals surface area contributed by atoms with Crippen LogP contribution in [-0.4, -0.2) is 46.2 Å². The van der Waals surface area contributed by atoms with E-state index in [9.17, 15) is 4.79 Å². The molecule has 0 saturated carbocycles. The Morgan fingerprint density at radius 1 is 1.56 bits per heavy atom. The lowest BCUT2D eigenvalue weighted by atomic mass is 10.0. The van der Waals surface area contributed by atoms with Crippen molar-refractivity contribution in [1.29, 1.82) is 0 Å². The van der Waals surface area contributed by atoms with Crippen molar-refractivity contribution in [2.24, 2.45) is 0 Å². The zero-order chi connectivity index (χ0) is 12.7. The van der Waals surface area contributed by atoms with Gasteiger partial charge in [0.25, 0.3) is 0 Å². The SMILES string of the molecule is BC(=O)N1CCC(c2cc(Cl)n3nccc3n2)C1. The smallest absolute Gasteiger partial charge is 0.215 e. The zero-order valence-electron chi connectivity index (χ0n) is 10.0. The molecule has 2 aromatic heterocycles. The molecule has 5 nitrogen and oxygen atoms in total. The van der Waals surface area contributed by atoms with Crippen molar-refractivity contribution in [3.8, 4) is 0 Å². The number of nitrogens with zero attached hydrogens (tertiary/aromatic N) is 4. The van der Waals surface area contributed by atoms with Gasteiger partial charge >= 0.3 is 0 Å². The molecule has 0 bridgehead atoms. The molecular weight excluding hydrogens is 250 g/mol. The molecule has 0 spiro atoms. The summed E-state index contributed by atoms with van der Waals surface area (Å²) in [4.78, 5) is 17.7. The fourth-order valence-corrected chi connectivity index (χ4v) is 2.63. The summed E-state index contributed by atoms with van der Waals surface area (Å²) in [6.45, 7) is 1.52. The van der Waals surface area contributed by atoms with Crippen LogP contribution in [0.25, 0.3) is 5.65 Å². The molecule has 0 aliphatic carbocycles. The minimum Gasteiger partial charge on any atom is -0.351 e. The molecule has 18 heavy (non-hydrogen) atoms. The highest BCUT2D eigenvalue weighted by molar-refractivity contribution is 6.56. The van der Waals surface area contributed by atoms with E-state index in [1.54, 1.807) is 18.6 Å². The quantitative estimate of drug-likeness (QED) is 0.567. The molecular formula is C11H12BClN4O. The third kappa shape index (κ3) is 1.86. The Morgan fingerprint density at radius 2 is 2.39 bits per heavy atom. The molecule has 1 atom stereocenters. The second-order valence-corrected chi connectivity index (χ2v) is 4.94. The predicted molar refractivity (Wildman–Crippen MR) is 70.9 cm³/mol. The fourth-order valence-electron chi connectivity index (χ4n) is 2.39. The molecule has 1 unspecified atom stereocenters. The number of halogens is 1. The van der Waals surface area contributed by atoms with E-state index >= 15 is 0 Å². The average Bonchev–Trinajstić information content (AvgIpc) is 2.97. The van der Waals surface area contributed by atoms with Gasteiger partial charge in [-0.2, -0.15) is 5.10 Å². The van der Waals surface area contributed by atoms with Crippen LogP contribution < -0.4 is 0 Å². The molecule has 3 heterocycles. The molecule has 7 heteroatoms. The number of carbonyl (C=O) groups is 1. The van der Waals surface area contributed by atoms with Gasteiger partial charge < -0.3 is 4.90 Å². The van der Waals surface area contributed by atoms with Crippen molar-refractivity contribution >= 4 is 30.9 Å². The van der Waals surface area contributed by atoms with E-state index in [1.807, 2.05) is 17.0 Å². The molecule has 1 amide bonds. The van der Waals surface area contributed by atoms with Crippen LogP contribution in [0.15, 0.2) is 18.3 Å². The van der Waals surface area contributed by atoms with Crippen LogP contribution in [0.4, 0.5) is 4.79 Å². The van der Waals surface area contributed by atoms with Crippen LogP contribution in [0.3, 0.4) is 0 Å². The number of aromatic nitrogens is 3. The van der Waals surface area contributed by atoms with Gasteiger partial charge in [-0.15, -0.1) is 0 Å². The number of rotatable bonds is 1. The summed E-state index contributed by atoms with van der Waals surface area (Å²) in [5, 5.41) is 4.64. The van der Waals surface area contributed by atoms with Gasteiger partial charge in [0.05, 0.1) is 11.9 Å². The highest BCUT2D eigenvalue weighted by Gasteiger charge is 2.26. The van der Waals surface area contributed by atoms with Crippen molar-refractivity contribution in [3.63, 3.8) is 0 Å². The van der Waals surface area contributed by atoms with Crippen molar-refractivity contribution in [2.45, 2.75) is 12.3 Å². The first-order chi connectivity index (χ1) is 8.65. The van der Waals surface area contributed by atoms with Crippen LogP contribution in [0.5, 0.6) is 0 Å². The third-order valence-corrected chi connectivity index (χ3v) is 3.66. The largest absolute Gasteiger partial charge is 0.351 e. The third-order valence-electron chi connectivity index (χ3n) is 3.39. The summed E-state index contributed by atoms with van der Waals surface area (Å²) in [6.07, 6.45) is 2.61. The van der Waals surface area contributed by atoms with Crippen molar-refractivity contribution in [2.75, 3.05) is 13.1 Å². The van der Waals surface area contributed by atoms with E-state index in [-0.39, 0.29) is 11.7 Å². The summed E-state index contributed by atoms with van der Waals surface area (Å²) in [5.74, 6) is 0.389. The highest BCUT2D eigenvalue weighted by Crippen LogP contribution is 2.27. The predicted octanol–water partition coefficient (Wildman–Crippen LogP) is 0.925. The van der Waals surface area contributed by atoms with Crippen LogP contribution in [0.2, 0.25) is 5.15 Å². The van der Waals surface area contributed by atoms with Gasteiger partial charge in [-0.05, 0) is 12.5 Å². The van der Waals surface area contributed by atoms with E-state index in [0.29, 0.717) is 5.15 Å². The molecule has 3 rings (SSSR count). The Hall–Kier alpha value is -1.56. The van der Waals surface area contributed by atoms with Gasteiger partial charge in [0.2, 0.25) is 7.85 Å². The lowest BCUT2D eigenvalue weighted by Gasteiger charge is -2.14. The first-order valence-electron chi connectivity index (χ1n) is 5.91. The van der Waals surface area contributed by atoms with Crippen molar-refractivity contribution in [3.05, 3.63) is 29.2 Å². The zero-order valence-corrected chi connectivity index (χ0v) is 10.8. The molecule has 92 valence electrons. The van der Waals surface area contributed by atoms with E-state index in [0.717, 1.165) is 30.9 Å². The minimum absolute atomic E-state index is 0.119. The summed E-state index contributed by atoms with van der Waals surface area (Å²) in [6, 6.07) is 3.67. The number of fused-ring (bicyclic) bond motifs is 1. The number of likely N-dealkylation sites (tertiary alicyclic amines) is 1. The van der Waals surface area contributed by atoms with Gasteiger partial charge in [-0.25, -0.2) is 9.50 Å². The Bertz CT molecular complexity index is 614. The normalized spacial score (nSPS) is 19.6. The summed E-state index contributed by atoms with van der Waals surface area (Å²) in [7, 11) is 1.60. The van der Waals surface area contributed by atoms with Crippen LogP contribution in [0.1, 0.15) is 18.0 Å². The van der Waals surface area contributed by atoms with E-state index in [4.69, 9.17) is 11.6 Å². The molecule has 0 N–H and O–H groups in total. The van der Waals surface area contributed by atoms with Gasteiger partial charge in [-0.1, -0.05) is 11.6 Å². The molecule has 0 aromatic carbocycles. The molecule has 1 aliphatic heterocycles. The van der Waals surface area contributed by atoms with Gasteiger partial charge in [0.15, 0.2) is 11.5 Å². The van der Waals surface area contributed by atoms with Gasteiger partial charge in [0.1, 0.15) is 5.15 Å². The maximum atomic E-state index is 11.3. The maximum absolute atomic E-state index is 11.3. The maximum Gasteiger partial charge on any atom is 0.215 e. The van der Waals surface area contributed by atoms with E-state index < -0.39 is 0 Å². The topological polar surface area (TPSA) is 50.5 Å². The van der Waals surface area contributed by atoms with Crippen LogP contribution >= 0.6 is 11.6 Å². The highest BCUT2D eigenvalue weighted by atomic mass is 35.5. The van der Waals surface area contributed by atoms with Gasteiger partial charge in [-0.3, -0.25) is 4.79 Å².